The molecule has 1 aromatic rings. The predicted molar refractivity (Wildman–Crippen MR) is 70.5 cm³/mol. The fourth-order valence-corrected chi connectivity index (χ4v) is 2.11. The zero-order valence-corrected chi connectivity index (χ0v) is 10.7. The topological polar surface area (TPSA) is 47.6 Å². The summed E-state index contributed by atoms with van der Waals surface area (Å²) in [7, 11) is 0. The number of nitrogens with zero attached hydrogens (tertiary/aromatic N) is 1. The second kappa shape index (κ2) is 5.41. The van der Waals surface area contributed by atoms with Crippen LogP contribution in [-0.2, 0) is 4.74 Å². The van der Waals surface area contributed by atoms with Crippen LogP contribution >= 0.6 is 11.6 Å². The number of rotatable bonds is 4. The van der Waals surface area contributed by atoms with Gasteiger partial charge in [-0.25, -0.2) is 4.99 Å². The molecule has 0 radical (unpaired) electrons. The number of halogens is 1. The molecule has 0 fully saturated rings. The normalized spacial score (nSPS) is 20.8. The fraction of sp³-hybridized carbons (Fsp3) is 0.462. The Morgan fingerprint density at radius 1 is 1.47 bits per heavy atom. The van der Waals surface area contributed by atoms with Gasteiger partial charge in [0.15, 0.2) is 0 Å². The highest BCUT2D eigenvalue weighted by atomic mass is 35.5. The molecule has 2 rings (SSSR count). The molecule has 0 amide bonds. The van der Waals surface area contributed by atoms with E-state index in [0.717, 1.165) is 17.9 Å². The summed E-state index contributed by atoms with van der Waals surface area (Å²) in [5.41, 5.74) is 6.78. The van der Waals surface area contributed by atoms with Gasteiger partial charge in [0.05, 0.1) is 6.04 Å². The molecular formula is C13H17ClN2O. The average molecular weight is 253 g/mol. The first-order valence-corrected chi connectivity index (χ1v) is 6.24. The molecule has 92 valence electrons. The van der Waals surface area contributed by atoms with Crippen molar-refractivity contribution in [3.8, 4) is 0 Å². The molecule has 2 atom stereocenters. The van der Waals surface area contributed by atoms with E-state index in [1.165, 1.54) is 5.56 Å². The maximum absolute atomic E-state index is 5.86. The van der Waals surface area contributed by atoms with Crippen molar-refractivity contribution in [2.75, 3.05) is 6.61 Å². The number of amidine groups is 1. The molecule has 0 aromatic heterocycles. The van der Waals surface area contributed by atoms with Crippen LogP contribution in [0.5, 0.6) is 0 Å². The molecule has 0 saturated heterocycles. The molecule has 0 unspecified atom stereocenters. The predicted octanol–water partition coefficient (Wildman–Crippen LogP) is 2.94. The molecular weight excluding hydrogens is 236 g/mol. The van der Waals surface area contributed by atoms with Crippen LogP contribution in [0.4, 0.5) is 0 Å². The van der Waals surface area contributed by atoms with Gasteiger partial charge >= 0.3 is 0 Å². The van der Waals surface area contributed by atoms with Gasteiger partial charge in [-0.1, -0.05) is 30.7 Å². The van der Waals surface area contributed by atoms with Gasteiger partial charge < -0.3 is 10.5 Å². The Balaban J connectivity index is 1.85. The lowest BCUT2D eigenvalue weighted by Crippen LogP contribution is -2.10. The summed E-state index contributed by atoms with van der Waals surface area (Å²) in [4.78, 5) is 4.22. The third kappa shape index (κ3) is 3.37. The van der Waals surface area contributed by atoms with E-state index in [-0.39, 0.29) is 6.04 Å². The van der Waals surface area contributed by atoms with E-state index in [1.807, 2.05) is 12.1 Å². The minimum absolute atomic E-state index is 0.227. The van der Waals surface area contributed by atoms with Crippen molar-refractivity contribution in [1.82, 2.24) is 0 Å². The van der Waals surface area contributed by atoms with Crippen LogP contribution in [0.15, 0.2) is 29.3 Å². The van der Waals surface area contributed by atoms with E-state index in [9.17, 15) is 0 Å². The van der Waals surface area contributed by atoms with E-state index < -0.39 is 0 Å². The highest BCUT2D eigenvalue weighted by Crippen LogP contribution is 2.24. The number of nitrogens with two attached hydrogens (primary N) is 1. The van der Waals surface area contributed by atoms with Gasteiger partial charge in [-0.15, -0.1) is 0 Å². The summed E-state index contributed by atoms with van der Waals surface area (Å²) in [6, 6.07) is 8.58. The lowest BCUT2D eigenvalue weighted by atomic mass is 9.94. The standard InChI is InChI=1S/C13H17ClN2O/c1-9(10-3-5-11(14)6-4-10)2-7-12-8-17-13(15)16-12/h3-6,9,12H,2,7-8H2,1H3,(H2,15,16)/t9-,12-/m0/s1. The smallest absolute Gasteiger partial charge is 0.282 e. The SMILES string of the molecule is C[C@@H](CC[C@H]1COC(N)=N1)c1ccc(Cl)cc1. The number of benzene rings is 1. The Hall–Kier alpha value is -1.22. The van der Waals surface area contributed by atoms with Gasteiger partial charge in [0, 0.05) is 5.02 Å². The number of ether oxygens (including phenoxy) is 1. The Morgan fingerprint density at radius 3 is 2.76 bits per heavy atom. The Kier molecular flexibility index (Phi) is 3.89. The second-order valence-electron chi connectivity index (χ2n) is 4.46. The Morgan fingerprint density at radius 2 is 2.18 bits per heavy atom. The van der Waals surface area contributed by atoms with Crippen LogP contribution in [0.2, 0.25) is 5.02 Å². The van der Waals surface area contributed by atoms with Crippen LogP contribution in [0, 0.1) is 0 Å². The summed E-state index contributed by atoms with van der Waals surface area (Å²) in [5.74, 6) is 0.504. The maximum atomic E-state index is 5.86. The van der Waals surface area contributed by atoms with E-state index in [4.69, 9.17) is 22.1 Å². The Bertz CT molecular complexity index is 402. The molecule has 0 spiro atoms. The number of aliphatic imine (C=N–C) groups is 1. The summed E-state index contributed by atoms with van der Waals surface area (Å²) < 4.78 is 5.13. The van der Waals surface area contributed by atoms with Crippen molar-refractivity contribution >= 4 is 17.6 Å². The average Bonchev–Trinajstić information content (AvgIpc) is 2.73. The van der Waals surface area contributed by atoms with E-state index in [2.05, 4.69) is 24.0 Å². The summed E-state index contributed by atoms with van der Waals surface area (Å²) in [6.45, 7) is 2.84. The summed E-state index contributed by atoms with van der Waals surface area (Å²) >= 11 is 5.86. The first kappa shape index (κ1) is 12.2. The van der Waals surface area contributed by atoms with Gasteiger partial charge in [0.1, 0.15) is 6.61 Å². The molecule has 1 heterocycles. The monoisotopic (exact) mass is 252 g/mol. The third-order valence-corrected chi connectivity index (χ3v) is 3.36. The molecule has 17 heavy (non-hydrogen) atoms. The molecule has 2 N–H and O–H groups in total. The van der Waals surface area contributed by atoms with Crippen molar-refractivity contribution in [2.45, 2.75) is 31.7 Å². The quantitative estimate of drug-likeness (QED) is 0.896. The lowest BCUT2D eigenvalue weighted by molar-refractivity contribution is 0.304. The van der Waals surface area contributed by atoms with Crippen LogP contribution in [0.3, 0.4) is 0 Å². The molecule has 4 heteroatoms. The van der Waals surface area contributed by atoms with Crippen molar-refractivity contribution in [2.24, 2.45) is 10.7 Å². The number of hydrogen-bond donors (Lipinski definition) is 1. The van der Waals surface area contributed by atoms with Gasteiger partial charge in [0.2, 0.25) is 0 Å². The lowest BCUT2D eigenvalue weighted by Gasteiger charge is -2.13. The first-order chi connectivity index (χ1) is 8.15. The first-order valence-electron chi connectivity index (χ1n) is 5.86. The zero-order valence-electron chi connectivity index (χ0n) is 9.90. The van der Waals surface area contributed by atoms with Gasteiger partial charge in [0.25, 0.3) is 6.02 Å². The molecule has 1 aliphatic rings. The largest absolute Gasteiger partial charge is 0.463 e. The van der Waals surface area contributed by atoms with Gasteiger partial charge in [-0.05, 0) is 36.5 Å². The van der Waals surface area contributed by atoms with Crippen LogP contribution in [-0.4, -0.2) is 18.7 Å². The van der Waals surface area contributed by atoms with E-state index >= 15 is 0 Å². The summed E-state index contributed by atoms with van der Waals surface area (Å²) in [5, 5.41) is 0.780. The molecule has 1 aromatic carbocycles. The Labute approximate surface area is 107 Å². The highest BCUT2D eigenvalue weighted by Gasteiger charge is 2.17. The third-order valence-electron chi connectivity index (χ3n) is 3.11. The molecule has 1 aliphatic heterocycles. The van der Waals surface area contributed by atoms with Crippen molar-refractivity contribution in [3.05, 3.63) is 34.9 Å². The molecule has 3 nitrogen and oxygen atoms in total. The maximum Gasteiger partial charge on any atom is 0.282 e. The zero-order chi connectivity index (χ0) is 12.3. The van der Waals surface area contributed by atoms with Crippen LogP contribution < -0.4 is 5.73 Å². The van der Waals surface area contributed by atoms with Crippen molar-refractivity contribution < 1.29 is 4.74 Å². The van der Waals surface area contributed by atoms with Gasteiger partial charge in [-0.2, -0.15) is 0 Å². The number of hydrogen-bond acceptors (Lipinski definition) is 3. The second-order valence-corrected chi connectivity index (χ2v) is 4.90. The fourth-order valence-electron chi connectivity index (χ4n) is 1.98. The van der Waals surface area contributed by atoms with Crippen molar-refractivity contribution in [1.29, 1.82) is 0 Å². The molecule has 0 saturated carbocycles. The van der Waals surface area contributed by atoms with E-state index in [0.29, 0.717) is 18.5 Å². The summed E-state index contributed by atoms with van der Waals surface area (Å²) in [6.07, 6.45) is 2.08. The highest BCUT2D eigenvalue weighted by molar-refractivity contribution is 6.30. The molecule has 0 aliphatic carbocycles. The minimum atomic E-state index is 0.227. The van der Waals surface area contributed by atoms with Crippen LogP contribution in [0.25, 0.3) is 0 Å². The van der Waals surface area contributed by atoms with E-state index in [1.54, 1.807) is 0 Å². The molecule has 0 bridgehead atoms. The minimum Gasteiger partial charge on any atom is -0.463 e. The van der Waals surface area contributed by atoms with Crippen LogP contribution in [0.1, 0.15) is 31.2 Å². The van der Waals surface area contributed by atoms with Crippen molar-refractivity contribution in [3.63, 3.8) is 0 Å². The van der Waals surface area contributed by atoms with Gasteiger partial charge in [-0.3, -0.25) is 0 Å².